The second-order valence-electron chi connectivity index (χ2n) is 11.5. The maximum absolute atomic E-state index is 5.36. The number of benzene rings is 7. The molecule has 0 spiro atoms. The van der Waals surface area contributed by atoms with E-state index in [9.17, 15) is 0 Å². The van der Waals surface area contributed by atoms with Gasteiger partial charge in [-0.15, -0.1) is 0 Å². The normalized spacial score (nSPS) is 11.5. The van der Waals surface area contributed by atoms with Crippen LogP contribution < -0.4 is 0 Å². The third-order valence-electron chi connectivity index (χ3n) is 8.86. The van der Waals surface area contributed by atoms with E-state index < -0.39 is 0 Å². The molecule has 0 radical (unpaired) electrons. The van der Waals surface area contributed by atoms with Crippen LogP contribution in [-0.2, 0) is 0 Å². The molecule has 0 bridgehead atoms. The molecule has 4 nitrogen and oxygen atoms in total. The Labute approximate surface area is 265 Å². The van der Waals surface area contributed by atoms with Crippen LogP contribution in [0.1, 0.15) is 0 Å². The fraction of sp³-hybridized carbons (Fsp3) is 0. The maximum Gasteiger partial charge on any atom is 0.160 e. The first-order valence-corrected chi connectivity index (χ1v) is 15.4. The molecule has 0 unspecified atom stereocenters. The fourth-order valence-electron chi connectivity index (χ4n) is 6.76. The molecule has 0 saturated heterocycles. The van der Waals surface area contributed by atoms with Gasteiger partial charge in [0.05, 0.1) is 11.0 Å². The van der Waals surface area contributed by atoms with Crippen LogP contribution in [0.4, 0.5) is 0 Å². The van der Waals surface area contributed by atoms with Gasteiger partial charge >= 0.3 is 0 Å². The Morgan fingerprint density at radius 3 is 1.83 bits per heavy atom. The summed E-state index contributed by atoms with van der Waals surface area (Å²) in [4.78, 5) is 19.5. The molecule has 0 N–H and O–H groups in total. The molecule has 0 aliphatic rings. The molecule has 9 rings (SSSR count). The van der Waals surface area contributed by atoms with E-state index in [1.807, 2.05) is 24.5 Å². The standard InChI is InChI=1S/C42H26N4/c1-3-12-28(13-4-1)38-39(29-14-5-2-6-15-29)41-37(36-24-43-26-45-40(36)38)25-44-42(46-41)35-20-10-17-30-23-31(21-22-34(30)35)33-19-9-16-27-11-7-8-18-32(27)33/h1-26H. The van der Waals surface area contributed by atoms with E-state index in [2.05, 4.69) is 132 Å². The molecule has 7 aromatic carbocycles. The predicted octanol–water partition coefficient (Wildman–Crippen LogP) is 10.5. The Morgan fingerprint density at radius 1 is 0.391 bits per heavy atom. The van der Waals surface area contributed by atoms with Gasteiger partial charge in [0.2, 0.25) is 0 Å². The molecule has 46 heavy (non-hydrogen) atoms. The predicted molar refractivity (Wildman–Crippen MR) is 189 cm³/mol. The highest BCUT2D eigenvalue weighted by molar-refractivity contribution is 6.19. The van der Waals surface area contributed by atoms with Gasteiger partial charge in [0, 0.05) is 39.9 Å². The number of aromatic nitrogens is 4. The molecule has 2 heterocycles. The number of fused-ring (bicyclic) bond motifs is 5. The van der Waals surface area contributed by atoms with E-state index >= 15 is 0 Å². The summed E-state index contributed by atoms with van der Waals surface area (Å²) < 4.78 is 0. The smallest absolute Gasteiger partial charge is 0.160 e. The molecule has 9 aromatic rings. The first-order chi connectivity index (χ1) is 22.8. The molecule has 0 atom stereocenters. The molecule has 0 fully saturated rings. The van der Waals surface area contributed by atoms with Crippen molar-refractivity contribution in [2.75, 3.05) is 0 Å². The quantitative estimate of drug-likeness (QED) is 0.193. The summed E-state index contributed by atoms with van der Waals surface area (Å²) in [6.07, 6.45) is 5.43. The largest absolute Gasteiger partial charge is 0.244 e. The number of hydrogen-bond acceptors (Lipinski definition) is 4. The van der Waals surface area contributed by atoms with Gasteiger partial charge in [-0.05, 0) is 49.9 Å². The molecular weight excluding hydrogens is 560 g/mol. The van der Waals surface area contributed by atoms with Gasteiger partial charge < -0.3 is 0 Å². The lowest BCUT2D eigenvalue weighted by molar-refractivity contribution is 1.21. The van der Waals surface area contributed by atoms with Crippen molar-refractivity contribution in [2.24, 2.45) is 0 Å². The molecule has 0 aliphatic carbocycles. The lowest BCUT2D eigenvalue weighted by atomic mass is 9.89. The molecule has 214 valence electrons. The van der Waals surface area contributed by atoms with Gasteiger partial charge in [-0.2, -0.15) is 0 Å². The number of rotatable bonds is 4. The first-order valence-electron chi connectivity index (χ1n) is 15.4. The minimum atomic E-state index is 0.684. The average molecular weight is 587 g/mol. The van der Waals surface area contributed by atoms with Crippen LogP contribution in [0.25, 0.3) is 88.1 Å². The summed E-state index contributed by atoms with van der Waals surface area (Å²) in [6, 6.07) is 49.0. The zero-order valence-electron chi connectivity index (χ0n) is 24.8. The molecule has 0 amide bonds. The molecular formula is C42H26N4. The summed E-state index contributed by atoms with van der Waals surface area (Å²) >= 11 is 0. The average Bonchev–Trinajstić information content (AvgIpc) is 3.14. The van der Waals surface area contributed by atoms with E-state index in [0.29, 0.717) is 5.82 Å². The molecule has 4 heteroatoms. The minimum absolute atomic E-state index is 0.684. The summed E-state index contributed by atoms with van der Waals surface area (Å²) in [5.74, 6) is 0.684. The van der Waals surface area contributed by atoms with E-state index in [4.69, 9.17) is 15.0 Å². The minimum Gasteiger partial charge on any atom is -0.244 e. The number of nitrogens with zero attached hydrogens (tertiary/aromatic N) is 4. The van der Waals surface area contributed by atoms with Crippen molar-refractivity contribution in [3.05, 3.63) is 158 Å². The van der Waals surface area contributed by atoms with Gasteiger partial charge in [-0.25, -0.2) is 19.9 Å². The van der Waals surface area contributed by atoms with Crippen LogP contribution in [0, 0.1) is 0 Å². The van der Waals surface area contributed by atoms with Crippen molar-refractivity contribution in [1.29, 1.82) is 0 Å². The van der Waals surface area contributed by atoms with Gasteiger partial charge in [-0.1, -0.05) is 133 Å². The summed E-state index contributed by atoms with van der Waals surface area (Å²) in [5.41, 5.74) is 9.40. The highest BCUT2D eigenvalue weighted by Gasteiger charge is 2.21. The Balaban J connectivity index is 1.30. The maximum atomic E-state index is 5.36. The highest BCUT2D eigenvalue weighted by Crippen LogP contribution is 2.43. The SMILES string of the molecule is c1ccc(-c2c(-c3ccccc3)c3nc(-c4cccc5cc(-c6cccc7ccccc67)ccc45)ncc3c3cncnc23)cc1. The summed E-state index contributed by atoms with van der Waals surface area (Å²) in [5, 5.41) is 6.60. The molecule has 2 aromatic heterocycles. The second-order valence-corrected chi connectivity index (χ2v) is 11.5. The van der Waals surface area contributed by atoms with Gasteiger partial charge in [0.25, 0.3) is 0 Å². The van der Waals surface area contributed by atoms with Gasteiger partial charge in [0.15, 0.2) is 5.82 Å². The Bertz CT molecular complexity index is 2570. The van der Waals surface area contributed by atoms with Crippen molar-refractivity contribution in [3.63, 3.8) is 0 Å². The van der Waals surface area contributed by atoms with Crippen molar-refractivity contribution in [3.8, 4) is 44.8 Å². The third-order valence-corrected chi connectivity index (χ3v) is 8.86. The van der Waals surface area contributed by atoms with Crippen LogP contribution in [0.15, 0.2) is 158 Å². The molecule has 0 aliphatic heterocycles. The van der Waals surface area contributed by atoms with Crippen LogP contribution >= 0.6 is 0 Å². The summed E-state index contributed by atoms with van der Waals surface area (Å²) in [6.45, 7) is 0. The van der Waals surface area contributed by atoms with Crippen LogP contribution in [0.3, 0.4) is 0 Å². The Morgan fingerprint density at radius 2 is 1.02 bits per heavy atom. The van der Waals surface area contributed by atoms with Crippen molar-refractivity contribution in [1.82, 2.24) is 19.9 Å². The summed E-state index contributed by atoms with van der Waals surface area (Å²) in [7, 11) is 0. The Hall–Kier alpha value is -6.26. The van der Waals surface area contributed by atoms with Crippen molar-refractivity contribution < 1.29 is 0 Å². The lowest BCUT2D eigenvalue weighted by Crippen LogP contribution is -1.98. The monoisotopic (exact) mass is 586 g/mol. The third kappa shape index (κ3) is 4.23. The zero-order chi connectivity index (χ0) is 30.5. The van der Waals surface area contributed by atoms with E-state index in [0.717, 1.165) is 60.4 Å². The highest BCUT2D eigenvalue weighted by atomic mass is 14.9. The zero-order valence-corrected chi connectivity index (χ0v) is 24.8. The number of hydrogen-bond donors (Lipinski definition) is 0. The lowest BCUT2D eigenvalue weighted by Gasteiger charge is -2.17. The van der Waals surface area contributed by atoms with Crippen LogP contribution in [0.2, 0.25) is 0 Å². The van der Waals surface area contributed by atoms with Crippen molar-refractivity contribution in [2.45, 2.75) is 0 Å². The van der Waals surface area contributed by atoms with E-state index in [1.165, 1.54) is 21.9 Å². The topological polar surface area (TPSA) is 51.6 Å². The van der Waals surface area contributed by atoms with Crippen LogP contribution in [0.5, 0.6) is 0 Å². The van der Waals surface area contributed by atoms with Gasteiger partial charge in [-0.3, -0.25) is 0 Å². The van der Waals surface area contributed by atoms with Gasteiger partial charge in [0.1, 0.15) is 6.33 Å². The van der Waals surface area contributed by atoms with E-state index in [1.54, 1.807) is 6.33 Å². The Kier molecular flexibility index (Phi) is 6.10. The fourth-order valence-corrected chi connectivity index (χ4v) is 6.76. The molecule has 0 saturated carbocycles. The van der Waals surface area contributed by atoms with Crippen LogP contribution in [-0.4, -0.2) is 19.9 Å². The first kappa shape index (κ1) is 26.2. The van der Waals surface area contributed by atoms with Crippen molar-refractivity contribution >= 4 is 43.4 Å². The second kappa shape index (κ2) is 10.7. The van der Waals surface area contributed by atoms with E-state index in [-0.39, 0.29) is 0 Å².